The molecular weight excluding hydrogens is 312 g/mol. The molecule has 0 heterocycles. The number of carbonyl (C=O) groups is 1. The van der Waals surface area contributed by atoms with Crippen LogP contribution < -0.4 is 4.74 Å². The number of aryl methyl sites for hydroxylation is 1. The lowest BCUT2D eigenvalue weighted by atomic mass is 9.47. The summed E-state index contributed by atoms with van der Waals surface area (Å²) in [6, 6.07) is 6.63. The van der Waals surface area contributed by atoms with E-state index < -0.39 is 0 Å². The van der Waals surface area contributed by atoms with Crippen LogP contribution in [0.2, 0.25) is 0 Å². The van der Waals surface area contributed by atoms with Crippen molar-refractivity contribution in [3.05, 3.63) is 29.3 Å². The zero-order valence-electron chi connectivity index (χ0n) is 16.2. The van der Waals surface area contributed by atoms with Gasteiger partial charge in [-0.2, -0.15) is 0 Å². The summed E-state index contributed by atoms with van der Waals surface area (Å²) in [7, 11) is 3.26. The van der Waals surface area contributed by atoms with Gasteiger partial charge in [0.1, 0.15) is 5.75 Å². The molecule has 2 unspecified atom stereocenters. The first kappa shape index (κ1) is 18.3. The van der Waals surface area contributed by atoms with Gasteiger partial charge in [0.15, 0.2) is 0 Å². The number of fused-ring (bicyclic) bond motifs is 3. The molecule has 25 heavy (non-hydrogen) atoms. The lowest BCUT2D eigenvalue weighted by Gasteiger charge is -2.57. The molecule has 0 bridgehead atoms. The molecule has 0 radical (unpaired) electrons. The molecule has 0 N–H and O–H groups in total. The SMILES string of the molecule is CCCC12CCC[C@](C)(CC(=O)OC)C1CCc1ccc(OC)cc12. The Hall–Kier alpha value is -1.51. The number of benzene rings is 1. The van der Waals surface area contributed by atoms with E-state index in [-0.39, 0.29) is 16.8 Å². The third-order valence-electron chi connectivity index (χ3n) is 6.91. The van der Waals surface area contributed by atoms with Gasteiger partial charge >= 0.3 is 5.97 Å². The van der Waals surface area contributed by atoms with E-state index in [0.717, 1.165) is 18.6 Å². The predicted molar refractivity (Wildman–Crippen MR) is 100.0 cm³/mol. The number of hydrogen-bond donors (Lipinski definition) is 0. The molecule has 3 rings (SSSR count). The number of rotatable bonds is 5. The molecule has 3 nitrogen and oxygen atoms in total. The van der Waals surface area contributed by atoms with Gasteiger partial charge in [0, 0.05) is 0 Å². The van der Waals surface area contributed by atoms with E-state index in [1.54, 1.807) is 7.11 Å². The summed E-state index contributed by atoms with van der Waals surface area (Å²) >= 11 is 0. The highest BCUT2D eigenvalue weighted by atomic mass is 16.5. The van der Waals surface area contributed by atoms with Gasteiger partial charge in [-0.15, -0.1) is 0 Å². The molecule has 0 spiro atoms. The van der Waals surface area contributed by atoms with Crippen molar-refractivity contribution in [1.82, 2.24) is 0 Å². The summed E-state index contributed by atoms with van der Waals surface area (Å²) in [6.07, 6.45) is 8.70. The smallest absolute Gasteiger partial charge is 0.306 e. The minimum absolute atomic E-state index is 0.0290. The van der Waals surface area contributed by atoms with E-state index in [4.69, 9.17) is 9.47 Å². The second-order valence-electron chi connectivity index (χ2n) is 8.28. The van der Waals surface area contributed by atoms with E-state index >= 15 is 0 Å². The fraction of sp³-hybridized carbons (Fsp3) is 0.682. The Labute approximate surface area is 152 Å². The van der Waals surface area contributed by atoms with Crippen LogP contribution in [0.5, 0.6) is 5.75 Å². The van der Waals surface area contributed by atoms with Crippen LogP contribution in [0.15, 0.2) is 18.2 Å². The molecule has 3 atom stereocenters. The Bertz CT molecular complexity index is 634. The van der Waals surface area contributed by atoms with Crippen molar-refractivity contribution in [2.45, 2.75) is 70.6 Å². The zero-order valence-corrected chi connectivity index (χ0v) is 16.2. The molecule has 138 valence electrons. The highest BCUT2D eigenvalue weighted by molar-refractivity contribution is 5.70. The predicted octanol–water partition coefficient (Wildman–Crippen LogP) is 5.05. The minimum atomic E-state index is -0.0637. The molecule has 1 aromatic carbocycles. The number of methoxy groups -OCH3 is 2. The summed E-state index contributed by atoms with van der Waals surface area (Å²) in [5.74, 6) is 1.42. The van der Waals surface area contributed by atoms with E-state index in [2.05, 4.69) is 32.0 Å². The highest BCUT2D eigenvalue weighted by Crippen LogP contribution is 2.60. The van der Waals surface area contributed by atoms with Crippen molar-refractivity contribution < 1.29 is 14.3 Å². The molecule has 1 saturated carbocycles. The maximum atomic E-state index is 12.1. The van der Waals surface area contributed by atoms with Gasteiger partial charge in [0.2, 0.25) is 0 Å². The third kappa shape index (κ3) is 3.07. The minimum Gasteiger partial charge on any atom is -0.497 e. The van der Waals surface area contributed by atoms with Crippen LogP contribution in [0.25, 0.3) is 0 Å². The first-order valence-corrected chi connectivity index (χ1v) is 9.73. The molecule has 1 aromatic rings. The van der Waals surface area contributed by atoms with Crippen molar-refractivity contribution >= 4 is 5.97 Å². The largest absolute Gasteiger partial charge is 0.497 e. The van der Waals surface area contributed by atoms with Crippen molar-refractivity contribution in [2.24, 2.45) is 11.3 Å². The van der Waals surface area contributed by atoms with Gasteiger partial charge in [-0.05, 0) is 72.1 Å². The zero-order chi connectivity index (χ0) is 18.1. The fourth-order valence-electron chi connectivity index (χ4n) is 5.93. The quantitative estimate of drug-likeness (QED) is 0.701. The Morgan fingerprint density at radius 3 is 2.76 bits per heavy atom. The molecule has 1 fully saturated rings. The molecule has 2 aliphatic rings. The van der Waals surface area contributed by atoms with Crippen LogP contribution in [0.1, 0.15) is 69.9 Å². The number of hydrogen-bond acceptors (Lipinski definition) is 3. The third-order valence-corrected chi connectivity index (χ3v) is 6.91. The van der Waals surface area contributed by atoms with Crippen LogP contribution in [0.4, 0.5) is 0 Å². The molecule has 3 heteroatoms. The lowest BCUT2D eigenvalue weighted by Crippen LogP contribution is -2.51. The Morgan fingerprint density at radius 1 is 1.28 bits per heavy atom. The van der Waals surface area contributed by atoms with Crippen LogP contribution in [0, 0.1) is 11.3 Å². The molecular formula is C22H32O3. The Morgan fingerprint density at radius 2 is 2.08 bits per heavy atom. The Kier molecular flexibility index (Phi) is 5.13. The summed E-state index contributed by atoms with van der Waals surface area (Å²) in [5.41, 5.74) is 3.17. The van der Waals surface area contributed by atoms with Gasteiger partial charge in [0.05, 0.1) is 20.6 Å². The van der Waals surface area contributed by atoms with Gasteiger partial charge in [-0.3, -0.25) is 4.79 Å². The molecule has 0 saturated heterocycles. The van der Waals surface area contributed by atoms with Gasteiger partial charge in [-0.1, -0.05) is 32.8 Å². The summed E-state index contributed by atoms with van der Waals surface area (Å²) in [6.45, 7) is 4.61. The standard InChI is InChI=1S/C22H32O3/c1-5-11-22-13-6-12-21(2,15-20(23)25-4)19(22)10-8-16-7-9-17(24-3)14-18(16)22/h7,9,14,19H,5-6,8,10-13,15H2,1-4H3/t19?,21-,22?/m1/s1. The second-order valence-corrected chi connectivity index (χ2v) is 8.28. The monoisotopic (exact) mass is 344 g/mol. The van der Waals surface area contributed by atoms with Crippen molar-refractivity contribution in [3.8, 4) is 5.75 Å². The summed E-state index contributed by atoms with van der Waals surface area (Å²) in [4.78, 5) is 12.1. The van der Waals surface area contributed by atoms with Crippen molar-refractivity contribution in [2.75, 3.05) is 14.2 Å². The lowest BCUT2D eigenvalue weighted by molar-refractivity contribution is -0.146. The molecule has 0 aliphatic heterocycles. The maximum absolute atomic E-state index is 12.1. The first-order valence-electron chi connectivity index (χ1n) is 9.73. The summed E-state index contributed by atoms with van der Waals surface area (Å²) < 4.78 is 10.6. The van der Waals surface area contributed by atoms with Gasteiger partial charge < -0.3 is 9.47 Å². The molecule has 2 aliphatic carbocycles. The number of ether oxygens (including phenoxy) is 2. The topological polar surface area (TPSA) is 35.5 Å². The van der Waals surface area contributed by atoms with E-state index in [1.165, 1.54) is 50.3 Å². The van der Waals surface area contributed by atoms with E-state index in [1.807, 2.05) is 0 Å². The van der Waals surface area contributed by atoms with Crippen LogP contribution in [-0.4, -0.2) is 20.2 Å². The average Bonchev–Trinajstić information content (AvgIpc) is 2.61. The van der Waals surface area contributed by atoms with Gasteiger partial charge in [0.25, 0.3) is 0 Å². The normalized spacial score (nSPS) is 31.0. The second kappa shape index (κ2) is 7.01. The summed E-state index contributed by atoms with van der Waals surface area (Å²) in [5, 5.41) is 0. The van der Waals surface area contributed by atoms with E-state index in [0.29, 0.717) is 12.3 Å². The maximum Gasteiger partial charge on any atom is 0.306 e. The Balaban J connectivity index is 2.08. The van der Waals surface area contributed by atoms with Crippen LogP contribution >= 0.6 is 0 Å². The number of carbonyl (C=O) groups excluding carboxylic acids is 1. The molecule has 0 aromatic heterocycles. The van der Waals surface area contributed by atoms with Crippen molar-refractivity contribution in [3.63, 3.8) is 0 Å². The average molecular weight is 344 g/mol. The van der Waals surface area contributed by atoms with Crippen molar-refractivity contribution in [1.29, 1.82) is 0 Å². The van der Waals surface area contributed by atoms with Gasteiger partial charge in [-0.25, -0.2) is 0 Å². The number of esters is 1. The highest BCUT2D eigenvalue weighted by Gasteiger charge is 2.54. The van der Waals surface area contributed by atoms with E-state index in [9.17, 15) is 4.79 Å². The first-order chi connectivity index (χ1) is 12.0. The van der Waals surface area contributed by atoms with Crippen LogP contribution in [0.3, 0.4) is 0 Å². The fourth-order valence-corrected chi connectivity index (χ4v) is 5.93. The molecule has 0 amide bonds. The van der Waals surface area contributed by atoms with Crippen LogP contribution in [-0.2, 0) is 21.4 Å².